The third-order valence-electron chi connectivity index (χ3n) is 8.23. The van der Waals surface area contributed by atoms with Crippen molar-refractivity contribution in [3.63, 3.8) is 0 Å². The highest BCUT2D eigenvalue weighted by Gasteiger charge is 2.51. The molecule has 18 nitrogen and oxygen atoms in total. The Balaban J connectivity index is 1.76. The molecule has 0 radical (unpaired) electrons. The summed E-state index contributed by atoms with van der Waals surface area (Å²) in [5.41, 5.74) is 29.8. The number of nitrogens with zero attached hydrogens (tertiary/aromatic N) is 1. The van der Waals surface area contributed by atoms with Crippen LogP contribution in [0.15, 0.2) is 0 Å². The van der Waals surface area contributed by atoms with E-state index in [1.54, 1.807) is 0 Å². The van der Waals surface area contributed by atoms with Crippen molar-refractivity contribution in [1.82, 2.24) is 10.4 Å². The molecule has 3 rings (SSSR count). The molecule has 1 aliphatic carbocycles. The molecule has 1 saturated carbocycles. The number of ether oxygens (including phenoxy) is 4. The average molecular weight is 626 g/mol. The van der Waals surface area contributed by atoms with E-state index >= 15 is 0 Å². The van der Waals surface area contributed by atoms with E-state index in [4.69, 9.17) is 52.7 Å². The zero-order chi connectivity index (χ0) is 31.8. The van der Waals surface area contributed by atoms with Gasteiger partial charge < -0.3 is 78.5 Å². The molecule has 2 heterocycles. The van der Waals surface area contributed by atoms with E-state index in [1.807, 2.05) is 0 Å². The van der Waals surface area contributed by atoms with Crippen LogP contribution >= 0.6 is 0 Å². The molecule has 1 amide bonds. The number of hydroxylamine groups is 2. The number of carbonyl (C=O) groups excluding carboxylic acids is 1. The maximum Gasteiger partial charge on any atom is 0.246 e. The largest absolute Gasteiger partial charge is 0.395 e. The SMILES string of the molecule is NCCN(O)C(=O)C[C@@H]1C[C@H](N)C(O[C@H]2O[C@H](CNCC(N)CO)CC[C@H]2N)[C@H](O)[C@H]1O[C@H]1O[C@H](CO)[C@@H](O)[C@H](N)[C@H]1O. The maximum absolute atomic E-state index is 12.7. The lowest BCUT2D eigenvalue weighted by atomic mass is 9.77. The Labute approximate surface area is 250 Å². The van der Waals surface area contributed by atoms with E-state index in [-0.39, 0.29) is 38.6 Å². The molecule has 2 saturated heterocycles. The fourth-order valence-electron chi connectivity index (χ4n) is 5.67. The van der Waals surface area contributed by atoms with E-state index in [2.05, 4.69) is 5.32 Å². The molecule has 18 heteroatoms. The van der Waals surface area contributed by atoms with Crippen LogP contribution in [0.5, 0.6) is 0 Å². The van der Waals surface area contributed by atoms with Crippen molar-refractivity contribution >= 4 is 5.91 Å². The predicted octanol–water partition coefficient (Wildman–Crippen LogP) is -6.46. The van der Waals surface area contributed by atoms with Gasteiger partial charge in [0, 0.05) is 38.1 Å². The molecule has 0 aromatic rings. The fourth-order valence-corrected chi connectivity index (χ4v) is 5.67. The summed E-state index contributed by atoms with van der Waals surface area (Å²) in [5.74, 6) is -1.48. The maximum atomic E-state index is 12.7. The normalized spacial score (nSPS) is 41.1. The summed E-state index contributed by atoms with van der Waals surface area (Å²) < 4.78 is 23.8. The summed E-state index contributed by atoms with van der Waals surface area (Å²) >= 11 is 0. The molecule has 252 valence electrons. The molecule has 43 heavy (non-hydrogen) atoms. The van der Waals surface area contributed by atoms with Crippen LogP contribution in [0.25, 0.3) is 0 Å². The second kappa shape index (κ2) is 16.9. The molecule has 2 unspecified atom stereocenters. The molecule has 17 N–H and O–H groups in total. The first-order chi connectivity index (χ1) is 20.4. The summed E-state index contributed by atoms with van der Waals surface area (Å²) in [6, 6.07) is -3.02. The van der Waals surface area contributed by atoms with E-state index < -0.39 is 91.8 Å². The van der Waals surface area contributed by atoms with Gasteiger partial charge in [0.25, 0.3) is 0 Å². The Kier molecular flexibility index (Phi) is 14.3. The first kappa shape index (κ1) is 36.3. The van der Waals surface area contributed by atoms with Gasteiger partial charge in [-0.1, -0.05) is 0 Å². The topological polar surface area (TPSA) is 321 Å². The van der Waals surface area contributed by atoms with Crippen molar-refractivity contribution in [2.75, 3.05) is 39.4 Å². The summed E-state index contributed by atoms with van der Waals surface area (Å²) in [6.45, 7) is -0.0893. The Morgan fingerprint density at radius 2 is 1.67 bits per heavy atom. The molecule has 14 atom stereocenters. The van der Waals surface area contributed by atoms with Gasteiger partial charge in [-0.05, 0) is 25.2 Å². The molecular weight excluding hydrogens is 574 g/mol. The van der Waals surface area contributed by atoms with Crippen molar-refractivity contribution in [3.8, 4) is 0 Å². The minimum Gasteiger partial charge on any atom is -0.395 e. The minimum absolute atomic E-state index is 0.0160. The van der Waals surface area contributed by atoms with Crippen LogP contribution < -0.4 is 34.0 Å². The van der Waals surface area contributed by atoms with Gasteiger partial charge in [0.1, 0.15) is 30.5 Å². The van der Waals surface area contributed by atoms with E-state index in [0.29, 0.717) is 31.0 Å². The number of aliphatic hydroxyl groups excluding tert-OH is 5. The fraction of sp³-hybridized carbons (Fsp3) is 0.960. The number of aliphatic hydroxyl groups is 5. The number of hydrogen-bond donors (Lipinski definition) is 12. The van der Waals surface area contributed by atoms with Gasteiger partial charge in [0.05, 0.1) is 44.1 Å². The Morgan fingerprint density at radius 3 is 2.33 bits per heavy atom. The zero-order valence-electron chi connectivity index (χ0n) is 24.2. The van der Waals surface area contributed by atoms with Gasteiger partial charge in [-0.25, -0.2) is 5.06 Å². The van der Waals surface area contributed by atoms with Crippen molar-refractivity contribution in [1.29, 1.82) is 0 Å². The molecule has 3 aliphatic rings. The van der Waals surface area contributed by atoms with Crippen LogP contribution in [0, 0.1) is 5.92 Å². The van der Waals surface area contributed by atoms with Crippen molar-refractivity contribution < 1.29 is 54.5 Å². The number of carbonyl (C=O) groups is 1. The number of nitrogens with two attached hydrogens (primary N) is 5. The van der Waals surface area contributed by atoms with Crippen molar-refractivity contribution in [3.05, 3.63) is 0 Å². The number of amides is 1. The van der Waals surface area contributed by atoms with Gasteiger partial charge >= 0.3 is 0 Å². The van der Waals surface area contributed by atoms with Crippen molar-refractivity contribution in [2.45, 2.75) is 105 Å². The van der Waals surface area contributed by atoms with E-state index in [9.17, 15) is 30.4 Å². The lowest BCUT2D eigenvalue weighted by molar-refractivity contribution is -0.318. The monoisotopic (exact) mass is 625 g/mol. The smallest absolute Gasteiger partial charge is 0.246 e. The first-order valence-electron chi connectivity index (χ1n) is 14.7. The van der Waals surface area contributed by atoms with Gasteiger partial charge in [-0.2, -0.15) is 0 Å². The first-order valence-corrected chi connectivity index (χ1v) is 14.7. The molecule has 3 fully saturated rings. The van der Waals surface area contributed by atoms with Gasteiger partial charge in [-0.15, -0.1) is 0 Å². The molecule has 0 aromatic carbocycles. The third-order valence-corrected chi connectivity index (χ3v) is 8.23. The number of rotatable bonds is 14. The molecule has 0 aromatic heterocycles. The summed E-state index contributed by atoms with van der Waals surface area (Å²) in [7, 11) is 0. The second-order valence-corrected chi connectivity index (χ2v) is 11.6. The van der Waals surface area contributed by atoms with Crippen LogP contribution in [-0.2, 0) is 23.7 Å². The van der Waals surface area contributed by atoms with Crippen LogP contribution in [0.3, 0.4) is 0 Å². The van der Waals surface area contributed by atoms with Crippen LogP contribution in [-0.4, -0.2) is 161 Å². The summed E-state index contributed by atoms with van der Waals surface area (Å²) in [6.07, 6.45) is -9.71. The summed E-state index contributed by atoms with van der Waals surface area (Å²) in [5, 5.41) is 64.8. The van der Waals surface area contributed by atoms with Gasteiger partial charge in [0.2, 0.25) is 5.91 Å². The highest BCUT2D eigenvalue weighted by Crippen LogP contribution is 2.36. The van der Waals surface area contributed by atoms with Crippen LogP contribution in [0.2, 0.25) is 0 Å². The van der Waals surface area contributed by atoms with E-state index in [1.165, 1.54) is 0 Å². The lowest BCUT2D eigenvalue weighted by Crippen LogP contribution is -2.66. The van der Waals surface area contributed by atoms with Crippen molar-refractivity contribution in [2.24, 2.45) is 34.6 Å². The standard InChI is InChI=1S/C25H51N7O11/c26-3-4-32(39)17(35)6-11-5-15(29)23(43-24-14(28)2-1-13(40-24)8-31-7-12(27)9-33)21(38)22(11)42-25-20(37)18(30)19(36)16(10-34)41-25/h11-16,18-25,31,33-34,36-39H,1-10,26-30H2/t11-,12?,13-,14+,15-,16+,18-,19+,20+,21+,22-,23?,24+,25+/m0/s1. The molecule has 0 spiro atoms. The quantitative estimate of drug-likeness (QED) is 0.0630. The van der Waals surface area contributed by atoms with Gasteiger partial charge in [0.15, 0.2) is 12.6 Å². The summed E-state index contributed by atoms with van der Waals surface area (Å²) in [4.78, 5) is 12.7. The zero-order valence-corrected chi connectivity index (χ0v) is 24.2. The Morgan fingerprint density at radius 1 is 0.977 bits per heavy atom. The number of nitrogens with one attached hydrogen (secondary N) is 1. The average Bonchev–Trinajstić information content (AvgIpc) is 2.98. The Bertz CT molecular complexity index is 851. The minimum atomic E-state index is -1.55. The third kappa shape index (κ3) is 9.42. The molecular formula is C25H51N7O11. The molecule has 2 aliphatic heterocycles. The highest BCUT2D eigenvalue weighted by atomic mass is 16.7. The van der Waals surface area contributed by atoms with E-state index in [0.717, 1.165) is 0 Å². The molecule has 0 bridgehead atoms. The second-order valence-electron chi connectivity index (χ2n) is 11.6. The number of hydrogen-bond acceptors (Lipinski definition) is 17. The predicted molar refractivity (Wildman–Crippen MR) is 149 cm³/mol. The Hall–Kier alpha value is -1.17. The van der Waals surface area contributed by atoms with Crippen LogP contribution in [0.1, 0.15) is 25.7 Å². The van der Waals surface area contributed by atoms with Gasteiger partial charge in [-0.3, -0.25) is 10.0 Å². The lowest BCUT2D eigenvalue weighted by Gasteiger charge is -2.48. The highest BCUT2D eigenvalue weighted by molar-refractivity contribution is 5.75. The van der Waals surface area contributed by atoms with Crippen LogP contribution in [0.4, 0.5) is 0 Å².